The first-order valence-electron chi connectivity index (χ1n) is 9.07. The summed E-state index contributed by atoms with van der Waals surface area (Å²) in [6, 6.07) is 20.2. The van der Waals surface area contributed by atoms with Gasteiger partial charge >= 0.3 is 0 Å². The molecule has 0 saturated heterocycles. The lowest BCUT2D eigenvalue weighted by molar-refractivity contribution is 0.0940. The predicted octanol–water partition coefficient (Wildman–Crippen LogP) is 4.53. The Balaban J connectivity index is 1.58. The van der Waals surface area contributed by atoms with Gasteiger partial charge in [-0.25, -0.2) is 0 Å². The molecule has 0 bridgehead atoms. The molecule has 1 atom stereocenters. The molecule has 1 N–H and O–H groups in total. The predicted molar refractivity (Wildman–Crippen MR) is 105 cm³/mol. The Morgan fingerprint density at radius 2 is 1.64 bits per heavy atom. The van der Waals surface area contributed by atoms with Crippen molar-refractivity contribution in [3.05, 3.63) is 89.0 Å². The van der Waals surface area contributed by atoms with Crippen LogP contribution in [0.3, 0.4) is 0 Å². The minimum Gasteiger partial charge on any atom is -0.355 e. The minimum atomic E-state index is -0.255. The molecule has 0 fully saturated rings. The van der Waals surface area contributed by atoms with E-state index in [1.807, 2.05) is 55.5 Å². The summed E-state index contributed by atoms with van der Waals surface area (Å²) < 4.78 is 5.57. The van der Waals surface area contributed by atoms with Crippen molar-refractivity contribution in [2.24, 2.45) is 0 Å². The van der Waals surface area contributed by atoms with Crippen LogP contribution in [-0.2, 0) is 0 Å². The lowest BCUT2D eigenvalue weighted by Gasteiger charge is -2.16. The van der Waals surface area contributed by atoms with Gasteiger partial charge in [0, 0.05) is 16.7 Å². The van der Waals surface area contributed by atoms with Crippen molar-refractivity contribution in [3.8, 4) is 11.3 Å². The summed E-state index contributed by atoms with van der Waals surface area (Å²) in [6.45, 7) is 1.93. The molecule has 0 saturated carbocycles. The third-order valence-electron chi connectivity index (χ3n) is 5.19. The molecule has 1 aromatic heterocycles. The average molecular weight is 368 g/mol. The number of fused-ring (bicyclic) bond motifs is 2. The number of nitrogens with one attached hydrogen (secondary N) is 1. The first-order valence-corrected chi connectivity index (χ1v) is 9.07. The van der Waals surface area contributed by atoms with E-state index < -0.39 is 0 Å². The molecule has 1 amide bonds. The maximum atomic E-state index is 12.9. The molecule has 0 radical (unpaired) electrons. The fraction of sp³-hybridized carbons (Fsp3) is 0.0870. The van der Waals surface area contributed by atoms with Gasteiger partial charge in [0.1, 0.15) is 5.52 Å². The summed E-state index contributed by atoms with van der Waals surface area (Å²) in [5, 5.41) is 7.73. The van der Waals surface area contributed by atoms with Gasteiger partial charge in [0.25, 0.3) is 5.91 Å². The summed E-state index contributed by atoms with van der Waals surface area (Å²) in [4.78, 5) is 25.8. The molecule has 3 aromatic carbocycles. The summed E-state index contributed by atoms with van der Waals surface area (Å²) in [7, 11) is 0. The Bertz CT molecular complexity index is 1240. The number of rotatable bonds is 3. The largest absolute Gasteiger partial charge is 0.355 e. The van der Waals surface area contributed by atoms with Crippen LogP contribution in [0.15, 0.2) is 71.3 Å². The zero-order valence-electron chi connectivity index (χ0n) is 15.1. The first-order chi connectivity index (χ1) is 13.6. The van der Waals surface area contributed by atoms with Gasteiger partial charge in [-0.2, -0.15) is 0 Å². The lowest BCUT2D eigenvalue weighted by Crippen LogP contribution is -2.27. The molecular formula is C23H16N2O3. The monoisotopic (exact) mass is 368 g/mol. The van der Waals surface area contributed by atoms with Gasteiger partial charge in [0.2, 0.25) is 0 Å². The van der Waals surface area contributed by atoms with Crippen LogP contribution in [-0.4, -0.2) is 16.8 Å². The smallest absolute Gasteiger partial charge is 0.254 e. The first kappa shape index (κ1) is 16.4. The zero-order valence-corrected chi connectivity index (χ0v) is 15.1. The van der Waals surface area contributed by atoms with E-state index in [0.717, 1.165) is 5.56 Å². The molecule has 1 heterocycles. The van der Waals surface area contributed by atoms with Gasteiger partial charge < -0.3 is 9.84 Å². The second kappa shape index (κ2) is 6.16. The van der Waals surface area contributed by atoms with Crippen molar-refractivity contribution in [2.75, 3.05) is 0 Å². The molecule has 0 unspecified atom stereocenters. The fourth-order valence-electron chi connectivity index (χ4n) is 3.73. The maximum absolute atomic E-state index is 12.9. The quantitative estimate of drug-likeness (QED) is 0.508. The standard InChI is InChI=1S/C23H16N2O3/c1-13(14-7-3-2-4-8-14)24-23(27)18-12-11-17-19-20(18)25-28-22(19)16-10-6-5-9-15(16)21(17)26/h2-13H,1H3,(H,24,27)/t13-/m1/s1. The van der Waals surface area contributed by atoms with E-state index in [1.165, 1.54) is 0 Å². The Labute approximate surface area is 161 Å². The maximum Gasteiger partial charge on any atom is 0.254 e. The highest BCUT2D eigenvalue weighted by Gasteiger charge is 2.31. The molecule has 4 aromatic rings. The van der Waals surface area contributed by atoms with Crippen molar-refractivity contribution in [3.63, 3.8) is 0 Å². The molecule has 1 aliphatic rings. The van der Waals surface area contributed by atoms with Crippen LogP contribution in [0.4, 0.5) is 0 Å². The number of aromatic nitrogens is 1. The van der Waals surface area contributed by atoms with Crippen LogP contribution in [0.2, 0.25) is 0 Å². The average Bonchev–Trinajstić information content (AvgIpc) is 3.18. The summed E-state index contributed by atoms with van der Waals surface area (Å²) in [5.41, 5.74) is 3.62. The molecule has 5 rings (SSSR count). The van der Waals surface area contributed by atoms with E-state index in [4.69, 9.17) is 4.52 Å². The highest BCUT2D eigenvalue weighted by molar-refractivity contribution is 6.26. The van der Waals surface area contributed by atoms with E-state index >= 15 is 0 Å². The number of amides is 1. The molecular weight excluding hydrogens is 352 g/mol. The lowest BCUT2D eigenvalue weighted by atomic mass is 9.87. The number of ketones is 1. The second-order valence-electron chi connectivity index (χ2n) is 6.88. The topological polar surface area (TPSA) is 72.2 Å². The Morgan fingerprint density at radius 3 is 2.43 bits per heavy atom. The molecule has 1 aliphatic carbocycles. The minimum absolute atomic E-state index is 0.0825. The molecule has 0 aliphatic heterocycles. The van der Waals surface area contributed by atoms with E-state index in [1.54, 1.807) is 18.2 Å². The molecule has 5 nitrogen and oxygen atoms in total. The number of carbonyl (C=O) groups excluding carboxylic acids is 2. The Kier molecular flexibility index (Phi) is 3.62. The number of hydrogen-bond acceptors (Lipinski definition) is 4. The van der Waals surface area contributed by atoms with Gasteiger partial charge in [0.05, 0.1) is 17.0 Å². The van der Waals surface area contributed by atoms with Crippen molar-refractivity contribution in [1.82, 2.24) is 10.5 Å². The van der Waals surface area contributed by atoms with Gasteiger partial charge in [-0.05, 0) is 24.6 Å². The molecule has 28 heavy (non-hydrogen) atoms. The van der Waals surface area contributed by atoms with E-state index in [-0.39, 0.29) is 17.7 Å². The molecule has 0 spiro atoms. The van der Waals surface area contributed by atoms with Crippen LogP contribution in [0, 0.1) is 0 Å². The second-order valence-corrected chi connectivity index (χ2v) is 6.88. The van der Waals surface area contributed by atoms with E-state index in [0.29, 0.717) is 38.9 Å². The van der Waals surface area contributed by atoms with Crippen molar-refractivity contribution in [1.29, 1.82) is 0 Å². The third-order valence-corrected chi connectivity index (χ3v) is 5.19. The molecule has 5 heteroatoms. The van der Waals surface area contributed by atoms with Crippen LogP contribution in [0.5, 0.6) is 0 Å². The van der Waals surface area contributed by atoms with Crippen LogP contribution in [0.25, 0.3) is 22.2 Å². The van der Waals surface area contributed by atoms with Crippen LogP contribution in [0.1, 0.15) is 44.8 Å². The van der Waals surface area contributed by atoms with Crippen molar-refractivity contribution in [2.45, 2.75) is 13.0 Å². The van der Waals surface area contributed by atoms with E-state index in [9.17, 15) is 9.59 Å². The SMILES string of the molecule is C[C@@H](NC(=O)c1ccc2c3c(onc13)-c1ccccc1C2=O)c1ccccc1. The van der Waals surface area contributed by atoms with Crippen LogP contribution < -0.4 is 5.32 Å². The Hall–Kier alpha value is -3.73. The number of nitrogens with zero attached hydrogens (tertiary/aromatic N) is 1. The zero-order chi connectivity index (χ0) is 19.3. The fourth-order valence-corrected chi connectivity index (χ4v) is 3.73. The van der Waals surface area contributed by atoms with Gasteiger partial charge in [-0.1, -0.05) is 59.8 Å². The summed E-state index contributed by atoms with van der Waals surface area (Å²) in [5.74, 6) is 0.195. The van der Waals surface area contributed by atoms with E-state index in [2.05, 4.69) is 10.5 Å². The Morgan fingerprint density at radius 1 is 0.929 bits per heavy atom. The number of hydrogen-bond donors (Lipinski definition) is 1. The molecule has 136 valence electrons. The normalized spacial score (nSPS) is 13.2. The highest BCUT2D eigenvalue weighted by Crippen LogP contribution is 2.40. The van der Waals surface area contributed by atoms with Crippen LogP contribution >= 0.6 is 0 Å². The van der Waals surface area contributed by atoms with Gasteiger partial charge in [-0.15, -0.1) is 0 Å². The van der Waals surface area contributed by atoms with Crippen molar-refractivity contribution < 1.29 is 14.1 Å². The number of carbonyl (C=O) groups is 2. The van der Waals surface area contributed by atoms with Gasteiger partial charge in [0.15, 0.2) is 11.5 Å². The number of benzene rings is 3. The van der Waals surface area contributed by atoms with Crippen molar-refractivity contribution >= 4 is 22.6 Å². The summed E-state index contributed by atoms with van der Waals surface area (Å²) in [6.07, 6.45) is 0. The highest BCUT2D eigenvalue weighted by atomic mass is 16.5. The third kappa shape index (κ3) is 2.36. The van der Waals surface area contributed by atoms with Gasteiger partial charge in [-0.3, -0.25) is 9.59 Å². The summed E-state index contributed by atoms with van der Waals surface area (Å²) >= 11 is 0.